The second-order valence-corrected chi connectivity index (χ2v) is 7.01. The van der Waals surface area contributed by atoms with Crippen LogP contribution in [0.15, 0.2) is 48.7 Å². The summed E-state index contributed by atoms with van der Waals surface area (Å²) in [6.45, 7) is 4.58. The quantitative estimate of drug-likeness (QED) is 0.539. The Morgan fingerprint density at radius 3 is 2.50 bits per heavy atom. The van der Waals surface area contributed by atoms with Crippen LogP contribution in [0, 0.1) is 29.8 Å². The van der Waals surface area contributed by atoms with E-state index in [0.717, 1.165) is 16.8 Å². The number of hydrogen-bond acceptors (Lipinski definition) is 5. The number of nitriles is 1. The van der Waals surface area contributed by atoms with Gasteiger partial charge in [-0.3, -0.25) is 5.10 Å². The summed E-state index contributed by atoms with van der Waals surface area (Å²) in [5.74, 6) is 0.470. The van der Waals surface area contributed by atoms with Gasteiger partial charge in [-0.2, -0.15) is 10.1 Å². The first-order valence-corrected chi connectivity index (χ1v) is 9.10. The Morgan fingerprint density at radius 1 is 1.11 bits per heavy atom. The van der Waals surface area contributed by atoms with Crippen molar-refractivity contribution >= 4 is 12.2 Å². The highest BCUT2D eigenvalue weighted by Gasteiger charge is 2.13. The number of rotatable bonds is 4. The van der Waals surface area contributed by atoms with Crippen molar-refractivity contribution in [2.45, 2.75) is 20.4 Å². The molecule has 0 bridgehead atoms. The summed E-state index contributed by atoms with van der Waals surface area (Å²) in [7, 11) is 0. The van der Waals surface area contributed by atoms with E-state index >= 15 is 0 Å². The average Bonchev–Trinajstić information content (AvgIpc) is 3.28. The van der Waals surface area contributed by atoms with E-state index < -0.39 is 0 Å². The normalized spacial score (nSPS) is 10.8. The second kappa shape index (κ2) is 7.21. The number of tetrazole rings is 1. The summed E-state index contributed by atoms with van der Waals surface area (Å²) >= 11 is 5.63. The molecule has 0 saturated carbocycles. The van der Waals surface area contributed by atoms with E-state index in [9.17, 15) is 0 Å². The Hall–Kier alpha value is -3.57. The highest BCUT2D eigenvalue weighted by atomic mass is 32.1. The van der Waals surface area contributed by atoms with Crippen LogP contribution in [0.1, 0.15) is 22.3 Å². The lowest BCUT2D eigenvalue weighted by Crippen LogP contribution is -2.04. The second-order valence-electron chi connectivity index (χ2n) is 6.63. The van der Waals surface area contributed by atoms with Crippen LogP contribution in [-0.4, -0.2) is 30.0 Å². The Kier molecular flexibility index (Phi) is 4.59. The molecule has 0 aliphatic rings. The lowest BCUT2D eigenvalue weighted by Gasteiger charge is -2.05. The Bertz CT molecular complexity index is 1220. The molecule has 0 spiro atoms. The molecule has 7 nitrogen and oxygen atoms in total. The van der Waals surface area contributed by atoms with Crippen LogP contribution < -0.4 is 0 Å². The van der Waals surface area contributed by atoms with E-state index in [-0.39, 0.29) is 0 Å². The van der Waals surface area contributed by atoms with Gasteiger partial charge in [-0.05, 0) is 60.0 Å². The van der Waals surface area contributed by atoms with Crippen molar-refractivity contribution < 1.29 is 0 Å². The van der Waals surface area contributed by atoms with Gasteiger partial charge in [0.25, 0.3) is 0 Å². The number of aromatic nitrogens is 6. The minimum absolute atomic E-state index is 0.465. The number of hydrogen-bond donors (Lipinski definition) is 1. The molecule has 4 rings (SSSR count). The monoisotopic (exact) mass is 387 g/mol. The number of nitrogens with one attached hydrogen (secondary N) is 1. The number of H-pyrrole nitrogens is 1. The summed E-state index contributed by atoms with van der Waals surface area (Å²) in [6.07, 6.45) is 1.79. The Balaban J connectivity index is 1.61. The molecule has 28 heavy (non-hydrogen) atoms. The fraction of sp³-hybridized carbons (Fsp3) is 0.150. The van der Waals surface area contributed by atoms with Gasteiger partial charge in [0.1, 0.15) is 4.64 Å². The summed E-state index contributed by atoms with van der Waals surface area (Å²) in [5, 5.41) is 24.8. The molecule has 138 valence electrons. The van der Waals surface area contributed by atoms with E-state index in [4.69, 9.17) is 17.5 Å². The molecule has 0 unspecified atom stereocenters. The highest BCUT2D eigenvalue weighted by molar-refractivity contribution is 7.71. The van der Waals surface area contributed by atoms with Crippen molar-refractivity contribution in [1.82, 2.24) is 30.0 Å². The Labute approximate surface area is 166 Å². The molecule has 0 fully saturated rings. The minimum Gasteiger partial charge on any atom is -0.299 e. The molecule has 0 atom stereocenters. The number of nitrogens with zero attached hydrogens (tertiary/aromatic N) is 6. The number of aryl methyl sites for hydroxylation is 2. The summed E-state index contributed by atoms with van der Waals surface area (Å²) in [5.41, 5.74) is 5.63. The first-order valence-electron chi connectivity index (χ1n) is 8.70. The third-order valence-corrected chi connectivity index (χ3v) is 4.74. The maximum atomic E-state index is 8.88. The van der Waals surface area contributed by atoms with E-state index in [0.29, 0.717) is 22.6 Å². The van der Waals surface area contributed by atoms with Crippen LogP contribution in [0.4, 0.5) is 0 Å². The molecule has 0 saturated heterocycles. The molecule has 2 heterocycles. The van der Waals surface area contributed by atoms with Crippen LogP contribution in [0.5, 0.6) is 0 Å². The first kappa shape index (κ1) is 17.8. The smallest absolute Gasteiger partial charge is 0.209 e. The minimum atomic E-state index is 0.465. The molecule has 0 amide bonds. The lowest BCUT2D eigenvalue weighted by atomic mass is 10.1. The predicted octanol–water partition coefficient (Wildman–Crippen LogP) is 3.73. The molecule has 1 N–H and O–H groups in total. The predicted molar refractivity (Wildman–Crippen MR) is 107 cm³/mol. The molecule has 2 aromatic carbocycles. The molecule has 0 radical (unpaired) electrons. The molecular weight excluding hydrogens is 370 g/mol. The van der Waals surface area contributed by atoms with Crippen molar-refractivity contribution in [3.8, 4) is 23.1 Å². The first-order chi connectivity index (χ1) is 13.5. The fourth-order valence-corrected chi connectivity index (χ4v) is 3.38. The van der Waals surface area contributed by atoms with Gasteiger partial charge < -0.3 is 0 Å². The molecule has 2 aromatic heterocycles. The third kappa shape index (κ3) is 3.48. The van der Waals surface area contributed by atoms with Gasteiger partial charge >= 0.3 is 0 Å². The van der Waals surface area contributed by atoms with Crippen molar-refractivity contribution in [1.29, 1.82) is 5.26 Å². The Morgan fingerprint density at radius 2 is 1.82 bits per heavy atom. The largest absolute Gasteiger partial charge is 0.299 e. The topological polar surface area (TPSA) is 88.1 Å². The maximum absolute atomic E-state index is 8.88. The van der Waals surface area contributed by atoms with Gasteiger partial charge in [0, 0.05) is 6.20 Å². The lowest BCUT2D eigenvalue weighted by molar-refractivity contribution is 0.573. The van der Waals surface area contributed by atoms with Crippen LogP contribution >= 0.6 is 12.2 Å². The third-order valence-electron chi connectivity index (χ3n) is 4.34. The molecule has 0 aliphatic carbocycles. The van der Waals surface area contributed by atoms with Crippen LogP contribution in [0.3, 0.4) is 0 Å². The van der Waals surface area contributed by atoms with Gasteiger partial charge in [0.2, 0.25) is 5.82 Å². The van der Waals surface area contributed by atoms with E-state index in [2.05, 4.69) is 58.6 Å². The zero-order valence-electron chi connectivity index (χ0n) is 15.4. The van der Waals surface area contributed by atoms with Gasteiger partial charge in [0.05, 0.1) is 29.4 Å². The van der Waals surface area contributed by atoms with E-state index in [1.165, 1.54) is 15.9 Å². The SMILES string of the molecule is Cc1cc(C)cc(-n2[nH]cc(-c3nnn(Cc4ccc(C#N)cc4)n3)c2=S)c1. The van der Waals surface area contributed by atoms with Gasteiger partial charge in [-0.25, -0.2) is 4.68 Å². The van der Waals surface area contributed by atoms with Crippen molar-refractivity contribution in [2.75, 3.05) is 0 Å². The van der Waals surface area contributed by atoms with Crippen molar-refractivity contribution in [2.24, 2.45) is 0 Å². The van der Waals surface area contributed by atoms with Crippen LogP contribution in [0.2, 0.25) is 0 Å². The summed E-state index contributed by atoms with van der Waals surface area (Å²) in [4.78, 5) is 1.51. The standard InChI is InChI=1S/C20H17N7S/c1-13-7-14(2)9-17(8-13)27-20(28)18(11-22-27)19-23-25-26(24-19)12-16-5-3-15(10-21)4-6-16/h3-9,11,22H,12H2,1-2H3. The summed E-state index contributed by atoms with van der Waals surface area (Å²) in [6, 6.07) is 15.7. The zero-order chi connectivity index (χ0) is 19.7. The summed E-state index contributed by atoms with van der Waals surface area (Å²) < 4.78 is 2.44. The highest BCUT2D eigenvalue weighted by Crippen LogP contribution is 2.20. The average molecular weight is 387 g/mol. The molecular formula is C20H17N7S. The van der Waals surface area contributed by atoms with Gasteiger partial charge in [0.15, 0.2) is 0 Å². The maximum Gasteiger partial charge on any atom is 0.209 e. The van der Waals surface area contributed by atoms with E-state index in [1.54, 1.807) is 18.3 Å². The fourth-order valence-electron chi connectivity index (χ4n) is 3.07. The number of aromatic amines is 1. The number of benzene rings is 2. The molecule has 8 heteroatoms. The van der Waals surface area contributed by atoms with Crippen LogP contribution in [0.25, 0.3) is 17.1 Å². The van der Waals surface area contributed by atoms with Gasteiger partial charge in [-0.15, -0.1) is 10.2 Å². The van der Waals surface area contributed by atoms with Crippen molar-refractivity contribution in [3.63, 3.8) is 0 Å². The van der Waals surface area contributed by atoms with Gasteiger partial charge in [-0.1, -0.05) is 30.4 Å². The van der Waals surface area contributed by atoms with Crippen LogP contribution in [-0.2, 0) is 6.54 Å². The zero-order valence-corrected chi connectivity index (χ0v) is 16.2. The molecule has 4 aromatic rings. The van der Waals surface area contributed by atoms with E-state index in [1.807, 2.05) is 16.8 Å². The molecule has 0 aliphatic heterocycles. The van der Waals surface area contributed by atoms with Crippen molar-refractivity contribution in [3.05, 3.63) is 75.6 Å².